The van der Waals surface area contributed by atoms with Gasteiger partial charge < -0.3 is 10.6 Å². The van der Waals surface area contributed by atoms with E-state index in [1.807, 2.05) is 47.6 Å². The summed E-state index contributed by atoms with van der Waals surface area (Å²) in [5.41, 5.74) is 4.22. The van der Waals surface area contributed by atoms with Crippen molar-refractivity contribution in [1.82, 2.24) is 30.4 Å². The van der Waals surface area contributed by atoms with E-state index in [9.17, 15) is 9.59 Å². The third-order valence-electron chi connectivity index (χ3n) is 4.21. The average Bonchev–Trinajstić information content (AvgIpc) is 2.85. The molecule has 27 heavy (non-hydrogen) atoms. The highest BCUT2D eigenvalue weighted by molar-refractivity contribution is 5.79. The number of carbonyl (C=O) groups is 2. The van der Waals surface area contributed by atoms with Crippen molar-refractivity contribution in [2.24, 2.45) is 5.92 Å². The van der Waals surface area contributed by atoms with Crippen LogP contribution in [0.25, 0.3) is 5.95 Å². The van der Waals surface area contributed by atoms with Gasteiger partial charge in [0.25, 0.3) is 5.95 Å². The van der Waals surface area contributed by atoms with Gasteiger partial charge >= 0.3 is 0 Å². The SMILES string of the molecule is Cc1cc(C)nc(-n2nc(C)c(CC(=O)NCCNC(=O)C(C)C)c2C)n1. The van der Waals surface area contributed by atoms with Gasteiger partial charge in [0, 0.05) is 41.7 Å². The van der Waals surface area contributed by atoms with E-state index in [4.69, 9.17) is 0 Å². The molecule has 0 aliphatic carbocycles. The van der Waals surface area contributed by atoms with Crippen molar-refractivity contribution in [3.05, 3.63) is 34.4 Å². The Bertz CT molecular complexity index is 821. The van der Waals surface area contributed by atoms with Crippen molar-refractivity contribution in [3.63, 3.8) is 0 Å². The highest BCUT2D eigenvalue weighted by atomic mass is 16.2. The van der Waals surface area contributed by atoms with Crippen molar-refractivity contribution < 1.29 is 9.59 Å². The Morgan fingerprint density at radius 2 is 1.63 bits per heavy atom. The molecule has 2 amide bonds. The first-order valence-corrected chi connectivity index (χ1v) is 9.11. The van der Waals surface area contributed by atoms with E-state index in [0.29, 0.717) is 19.0 Å². The third-order valence-corrected chi connectivity index (χ3v) is 4.21. The Labute approximate surface area is 159 Å². The van der Waals surface area contributed by atoms with E-state index < -0.39 is 0 Å². The molecule has 146 valence electrons. The predicted octanol–water partition coefficient (Wildman–Crippen LogP) is 1.33. The van der Waals surface area contributed by atoms with Crippen LogP contribution in [0.5, 0.6) is 0 Å². The molecule has 2 rings (SSSR count). The van der Waals surface area contributed by atoms with Gasteiger partial charge in [-0.2, -0.15) is 5.10 Å². The second kappa shape index (κ2) is 8.75. The number of carbonyl (C=O) groups excluding carboxylic acids is 2. The summed E-state index contributed by atoms with van der Waals surface area (Å²) in [6.07, 6.45) is 0.223. The van der Waals surface area contributed by atoms with Crippen LogP contribution in [0.2, 0.25) is 0 Å². The molecular formula is C19H28N6O2. The maximum Gasteiger partial charge on any atom is 0.251 e. The molecule has 0 aromatic carbocycles. The molecule has 0 spiro atoms. The zero-order valence-electron chi connectivity index (χ0n) is 16.9. The lowest BCUT2D eigenvalue weighted by molar-refractivity contribution is -0.124. The molecule has 0 saturated carbocycles. The van der Waals surface area contributed by atoms with Crippen molar-refractivity contribution >= 4 is 11.8 Å². The zero-order valence-corrected chi connectivity index (χ0v) is 16.9. The molecule has 0 unspecified atom stereocenters. The number of nitrogens with one attached hydrogen (secondary N) is 2. The third kappa shape index (κ3) is 5.35. The summed E-state index contributed by atoms with van der Waals surface area (Å²) in [7, 11) is 0. The molecular weight excluding hydrogens is 344 g/mol. The van der Waals surface area contributed by atoms with Crippen LogP contribution in [0, 0.1) is 33.6 Å². The normalized spacial score (nSPS) is 10.9. The molecule has 2 aromatic rings. The van der Waals surface area contributed by atoms with Crippen molar-refractivity contribution in [2.75, 3.05) is 13.1 Å². The Hall–Kier alpha value is -2.77. The van der Waals surface area contributed by atoms with Crippen LogP contribution >= 0.6 is 0 Å². The van der Waals surface area contributed by atoms with Crippen LogP contribution in [0.3, 0.4) is 0 Å². The lowest BCUT2D eigenvalue weighted by atomic mass is 10.1. The Morgan fingerprint density at radius 3 is 2.22 bits per heavy atom. The lowest BCUT2D eigenvalue weighted by Gasteiger charge is -2.09. The summed E-state index contributed by atoms with van der Waals surface area (Å²) in [5.74, 6) is 0.312. The summed E-state index contributed by atoms with van der Waals surface area (Å²) in [5, 5.41) is 10.1. The monoisotopic (exact) mass is 372 g/mol. The number of aromatic nitrogens is 4. The average molecular weight is 372 g/mol. The van der Waals surface area contributed by atoms with Crippen molar-refractivity contribution in [3.8, 4) is 5.95 Å². The zero-order chi connectivity index (χ0) is 20.1. The van der Waals surface area contributed by atoms with E-state index in [1.165, 1.54) is 0 Å². The fourth-order valence-electron chi connectivity index (χ4n) is 2.74. The maximum absolute atomic E-state index is 12.3. The van der Waals surface area contributed by atoms with Gasteiger partial charge in [0.15, 0.2) is 0 Å². The van der Waals surface area contributed by atoms with Crippen LogP contribution in [-0.4, -0.2) is 44.7 Å². The fourth-order valence-corrected chi connectivity index (χ4v) is 2.74. The number of hydrogen-bond donors (Lipinski definition) is 2. The predicted molar refractivity (Wildman–Crippen MR) is 103 cm³/mol. The van der Waals surface area contributed by atoms with Gasteiger partial charge in [-0.25, -0.2) is 14.6 Å². The van der Waals surface area contributed by atoms with Gasteiger partial charge in [-0.15, -0.1) is 0 Å². The first-order chi connectivity index (χ1) is 12.7. The molecule has 0 atom stereocenters. The molecule has 8 nitrogen and oxygen atoms in total. The minimum Gasteiger partial charge on any atom is -0.354 e. The minimum absolute atomic E-state index is 0.0225. The molecule has 0 aliphatic heterocycles. The fraction of sp³-hybridized carbons (Fsp3) is 0.526. The van der Waals surface area contributed by atoms with Gasteiger partial charge in [-0.1, -0.05) is 13.8 Å². The molecule has 0 fully saturated rings. The molecule has 2 N–H and O–H groups in total. The van der Waals surface area contributed by atoms with Gasteiger partial charge in [0.2, 0.25) is 11.8 Å². The smallest absolute Gasteiger partial charge is 0.251 e. The Morgan fingerprint density at radius 1 is 1.04 bits per heavy atom. The standard InChI is InChI=1S/C19H28N6O2/c1-11(2)18(27)21-8-7-20-17(26)10-16-14(5)24-25(15(16)6)19-22-12(3)9-13(4)23-19/h9,11H,7-8,10H2,1-6H3,(H,20,26)(H,21,27). The first kappa shape index (κ1) is 20.5. The van der Waals surface area contributed by atoms with E-state index in [0.717, 1.165) is 28.3 Å². The Balaban J connectivity index is 2.02. The first-order valence-electron chi connectivity index (χ1n) is 9.11. The Kier molecular flexibility index (Phi) is 6.65. The van der Waals surface area contributed by atoms with Crippen LogP contribution in [-0.2, 0) is 16.0 Å². The van der Waals surface area contributed by atoms with E-state index in [2.05, 4.69) is 25.7 Å². The number of amides is 2. The number of nitrogens with zero attached hydrogens (tertiary/aromatic N) is 4. The highest BCUT2D eigenvalue weighted by Crippen LogP contribution is 2.17. The van der Waals surface area contributed by atoms with Crippen molar-refractivity contribution in [2.45, 2.75) is 48.0 Å². The molecule has 0 radical (unpaired) electrons. The van der Waals surface area contributed by atoms with Crippen LogP contribution in [0.4, 0.5) is 0 Å². The summed E-state index contributed by atoms with van der Waals surface area (Å²) in [6, 6.07) is 1.90. The molecule has 2 heterocycles. The van der Waals surface area contributed by atoms with Crippen molar-refractivity contribution in [1.29, 1.82) is 0 Å². The second-order valence-corrected chi connectivity index (χ2v) is 6.98. The lowest BCUT2D eigenvalue weighted by Crippen LogP contribution is -2.37. The van der Waals surface area contributed by atoms with Gasteiger partial charge in [0.1, 0.15) is 0 Å². The van der Waals surface area contributed by atoms with E-state index in [-0.39, 0.29) is 24.2 Å². The summed E-state index contributed by atoms with van der Waals surface area (Å²) in [4.78, 5) is 32.6. The molecule has 0 saturated heterocycles. The van der Waals surface area contributed by atoms with Crippen LogP contribution in [0.15, 0.2) is 6.07 Å². The van der Waals surface area contributed by atoms with Gasteiger partial charge in [-0.05, 0) is 33.8 Å². The summed E-state index contributed by atoms with van der Waals surface area (Å²) in [6.45, 7) is 12.1. The topological polar surface area (TPSA) is 102 Å². The number of rotatable bonds is 7. The highest BCUT2D eigenvalue weighted by Gasteiger charge is 2.17. The van der Waals surface area contributed by atoms with E-state index >= 15 is 0 Å². The number of hydrogen-bond acceptors (Lipinski definition) is 5. The summed E-state index contributed by atoms with van der Waals surface area (Å²) >= 11 is 0. The quantitative estimate of drug-likeness (QED) is 0.714. The molecule has 8 heteroatoms. The minimum atomic E-state index is -0.110. The van der Waals surface area contributed by atoms with E-state index in [1.54, 1.807) is 4.68 Å². The van der Waals surface area contributed by atoms with Gasteiger partial charge in [-0.3, -0.25) is 9.59 Å². The van der Waals surface area contributed by atoms with Crippen LogP contribution in [0.1, 0.15) is 42.2 Å². The maximum atomic E-state index is 12.3. The summed E-state index contributed by atoms with van der Waals surface area (Å²) < 4.78 is 1.68. The molecule has 0 bridgehead atoms. The van der Waals surface area contributed by atoms with Crippen LogP contribution < -0.4 is 10.6 Å². The van der Waals surface area contributed by atoms with Gasteiger partial charge in [0.05, 0.1) is 12.1 Å². The molecule has 2 aromatic heterocycles. The molecule has 0 aliphatic rings. The number of aryl methyl sites for hydroxylation is 3. The largest absolute Gasteiger partial charge is 0.354 e. The second-order valence-electron chi connectivity index (χ2n) is 6.98.